The lowest BCUT2D eigenvalue weighted by molar-refractivity contribution is -0.133. The lowest BCUT2D eigenvalue weighted by Gasteiger charge is -2.24. The summed E-state index contributed by atoms with van der Waals surface area (Å²) in [6, 6.07) is -0.598. The predicted octanol–water partition coefficient (Wildman–Crippen LogP) is -0.757. The van der Waals surface area contributed by atoms with Crippen molar-refractivity contribution in [3.05, 3.63) is 0 Å². The van der Waals surface area contributed by atoms with Crippen LogP contribution in [-0.2, 0) is 14.4 Å². The molecule has 0 unspecified atom stereocenters. The SMILES string of the molecule is CC(C)[C@H](N)C(=O)NCC(=O)N1CCCN(CC(=O)N2CCCC2)CC1. The molecule has 0 aliphatic carbocycles. The number of rotatable bonds is 6. The fraction of sp³-hybridized carbons (Fsp3) is 0.833. The van der Waals surface area contributed by atoms with Crippen LogP contribution in [-0.4, -0.2) is 90.8 Å². The van der Waals surface area contributed by atoms with Gasteiger partial charge >= 0.3 is 0 Å². The van der Waals surface area contributed by atoms with Gasteiger partial charge in [-0.25, -0.2) is 0 Å². The fourth-order valence-corrected chi connectivity index (χ4v) is 3.33. The van der Waals surface area contributed by atoms with Gasteiger partial charge in [-0.05, 0) is 25.2 Å². The van der Waals surface area contributed by atoms with E-state index in [1.807, 2.05) is 18.7 Å². The molecule has 2 rings (SSSR count). The molecule has 0 bridgehead atoms. The van der Waals surface area contributed by atoms with Gasteiger partial charge in [0.25, 0.3) is 0 Å². The third-order valence-corrected chi connectivity index (χ3v) is 5.19. The average Bonchev–Trinajstić information content (AvgIpc) is 3.06. The van der Waals surface area contributed by atoms with Gasteiger partial charge in [-0.2, -0.15) is 0 Å². The van der Waals surface area contributed by atoms with E-state index in [0.717, 1.165) is 38.9 Å². The molecule has 2 heterocycles. The maximum Gasteiger partial charge on any atom is 0.242 e. The van der Waals surface area contributed by atoms with Crippen molar-refractivity contribution < 1.29 is 14.4 Å². The number of carbonyl (C=O) groups excluding carboxylic acids is 3. The number of nitrogens with one attached hydrogen (secondary N) is 1. The number of amides is 3. The van der Waals surface area contributed by atoms with E-state index in [-0.39, 0.29) is 30.2 Å². The molecular weight excluding hydrogens is 334 g/mol. The normalized spacial score (nSPS) is 20.2. The smallest absolute Gasteiger partial charge is 0.242 e. The maximum absolute atomic E-state index is 12.4. The van der Waals surface area contributed by atoms with Crippen LogP contribution in [0.15, 0.2) is 0 Å². The van der Waals surface area contributed by atoms with Crippen LogP contribution in [0, 0.1) is 5.92 Å². The summed E-state index contributed by atoms with van der Waals surface area (Å²) >= 11 is 0. The number of nitrogens with two attached hydrogens (primary N) is 1. The number of carbonyl (C=O) groups is 3. The second-order valence-electron chi connectivity index (χ2n) is 7.59. The minimum atomic E-state index is -0.598. The van der Waals surface area contributed by atoms with Gasteiger partial charge in [0, 0.05) is 39.3 Å². The molecule has 0 aromatic rings. The van der Waals surface area contributed by atoms with Crippen LogP contribution in [0.25, 0.3) is 0 Å². The number of hydrogen-bond acceptors (Lipinski definition) is 5. The molecule has 1 atom stereocenters. The van der Waals surface area contributed by atoms with Gasteiger partial charge in [0.1, 0.15) is 0 Å². The zero-order valence-corrected chi connectivity index (χ0v) is 16.1. The molecule has 0 spiro atoms. The van der Waals surface area contributed by atoms with E-state index in [1.165, 1.54) is 0 Å². The first-order valence-electron chi connectivity index (χ1n) is 9.69. The summed E-state index contributed by atoms with van der Waals surface area (Å²) in [7, 11) is 0. The molecule has 148 valence electrons. The van der Waals surface area contributed by atoms with Crippen molar-refractivity contribution in [2.45, 2.75) is 39.2 Å². The van der Waals surface area contributed by atoms with Gasteiger partial charge in [-0.1, -0.05) is 13.8 Å². The Morgan fingerprint density at radius 1 is 0.885 bits per heavy atom. The molecule has 8 nitrogen and oxygen atoms in total. The van der Waals surface area contributed by atoms with E-state index < -0.39 is 6.04 Å². The monoisotopic (exact) mass is 367 g/mol. The Labute approximate surface area is 156 Å². The molecule has 0 radical (unpaired) electrons. The second kappa shape index (κ2) is 9.87. The summed E-state index contributed by atoms with van der Waals surface area (Å²) in [6.45, 7) is 8.63. The van der Waals surface area contributed by atoms with Crippen LogP contribution < -0.4 is 11.1 Å². The Hall–Kier alpha value is -1.67. The van der Waals surface area contributed by atoms with Crippen molar-refractivity contribution in [1.82, 2.24) is 20.0 Å². The standard InChI is InChI=1S/C18H33N5O3/c1-14(2)17(19)18(26)20-12-15(24)23-9-5-6-21(10-11-23)13-16(25)22-7-3-4-8-22/h14,17H,3-13,19H2,1-2H3,(H,20,26)/t17-/m0/s1. The third-order valence-electron chi connectivity index (χ3n) is 5.19. The Bertz CT molecular complexity index is 505. The Morgan fingerprint density at radius 3 is 2.15 bits per heavy atom. The zero-order valence-electron chi connectivity index (χ0n) is 16.1. The molecule has 8 heteroatoms. The molecule has 26 heavy (non-hydrogen) atoms. The first-order valence-corrected chi connectivity index (χ1v) is 9.69. The molecule has 2 aliphatic heterocycles. The third kappa shape index (κ3) is 5.95. The second-order valence-corrected chi connectivity index (χ2v) is 7.59. The van der Waals surface area contributed by atoms with E-state index >= 15 is 0 Å². The average molecular weight is 367 g/mol. The van der Waals surface area contributed by atoms with Gasteiger partial charge in [-0.3, -0.25) is 19.3 Å². The van der Waals surface area contributed by atoms with Gasteiger partial charge < -0.3 is 20.9 Å². The highest BCUT2D eigenvalue weighted by atomic mass is 16.2. The Balaban J connectivity index is 1.74. The van der Waals surface area contributed by atoms with Crippen molar-refractivity contribution in [3.8, 4) is 0 Å². The molecule has 2 saturated heterocycles. The topological polar surface area (TPSA) is 99.0 Å². The first-order chi connectivity index (χ1) is 12.4. The first kappa shape index (κ1) is 20.6. The lowest BCUT2D eigenvalue weighted by Crippen LogP contribution is -2.48. The molecule has 0 saturated carbocycles. The Kier molecular flexibility index (Phi) is 7.84. The summed E-state index contributed by atoms with van der Waals surface area (Å²) in [5.74, 6) is -0.162. The molecule has 2 aliphatic rings. The van der Waals surface area contributed by atoms with Gasteiger partial charge in [-0.15, -0.1) is 0 Å². The molecule has 0 aromatic heterocycles. The van der Waals surface area contributed by atoms with Gasteiger partial charge in [0.05, 0.1) is 19.1 Å². The summed E-state index contributed by atoms with van der Waals surface area (Å²) in [4.78, 5) is 42.3. The van der Waals surface area contributed by atoms with E-state index in [0.29, 0.717) is 26.2 Å². The van der Waals surface area contributed by atoms with E-state index in [2.05, 4.69) is 10.2 Å². The fourth-order valence-electron chi connectivity index (χ4n) is 3.33. The highest BCUT2D eigenvalue weighted by Gasteiger charge is 2.24. The number of likely N-dealkylation sites (tertiary alicyclic amines) is 1. The van der Waals surface area contributed by atoms with E-state index in [4.69, 9.17) is 5.73 Å². The summed E-state index contributed by atoms with van der Waals surface area (Å²) in [5, 5.41) is 2.63. The largest absolute Gasteiger partial charge is 0.346 e. The van der Waals surface area contributed by atoms with Gasteiger partial charge in [0.2, 0.25) is 17.7 Å². The number of hydrogen-bond donors (Lipinski definition) is 2. The molecule has 2 fully saturated rings. The van der Waals surface area contributed by atoms with Crippen molar-refractivity contribution in [1.29, 1.82) is 0 Å². The van der Waals surface area contributed by atoms with Crippen LogP contribution in [0.2, 0.25) is 0 Å². The predicted molar refractivity (Wildman–Crippen MR) is 99.3 cm³/mol. The minimum Gasteiger partial charge on any atom is -0.346 e. The Morgan fingerprint density at radius 2 is 1.50 bits per heavy atom. The highest BCUT2D eigenvalue weighted by Crippen LogP contribution is 2.09. The van der Waals surface area contributed by atoms with Crippen molar-refractivity contribution in [2.75, 3.05) is 52.4 Å². The van der Waals surface area contributed by atoms with Crippen LogP contribution in [0.5, 0.6) is 0 Å². The lowest BCUT2D eigenvalue weighted by atomic mass is 10.1. The zero-order chi connectivity index (χ0) is 19.1. The summed E-state index contributed by atoms with van der Waals surface area (Å²) < 4.78 is 0. The van der Waals surface area contributed by atoms with Crippen LogP contribution in [0.3, 0.4) is 0 Å². The minimum absolute atomic E-state index is 0.0219. The highest BCUT2D eigenvalue weighted by molar-refractivity contribution is 5.87. The van der Waals surface area contributed by atoms with Gasteiger partial charge in [0.15, 0.2) is 0 Å². The van der Waals surface area contributed by atoms with Crippen LogP contribution in [0.4, 0.5) is 0 Å². The summed E-state index contributed by atoms with van der Waals surface area (Å²) in [6.07, 6.45) is 3.03. The maximum atomic E-state index is 12.4. The van der Waals surface area contributed by atoms with Crippen LogP contribution in [0.1, 0.15) is 33.1 Å². The molecule has 3 N–H and O–H groups in total. The quantitative estimate of drug-likeness (QED) is 0.643. The molecule has 3 amide bonds. The van der Waals surface area contributed by atoms with Crippen molar-refractivity contribution in [2.24, 2.45) is 11.7 Å². The molecular formula is C18H33N5O3. The molecule has 0 aromatic carbocycles. The number of nitrogens with zero attached hydrogens (tertiary/aromatic N) is 3. The van der Waals surface area contributed by atoms with E-state index in [1.54, 1.807) is 4.90 Å². The van der Waals surface area contributed by atoms with Crippen molar-refractivity contribution in [3.63, 3.8) is 0 Å². The van der Waals surface area contributed by atoms with Crippen LogP contribution >= 0.6 is 0 Å². The van der Waals surface area contributed by atoms with Crippen molar-refractivity contribution >= 4 is 17.7 Å². The van der Waals surface area contributed by atoms with E-state index in [9.17, 15) is 14.4 Å². The summed E-state index contributed by atoms with van der Waals surface area (Å²) in [5.41, 5.74) is 5.79.